The summed E-state index contributed by atoms with van der Waals surface area (Å²) in [6.45, 7) is 0. The maximum absolute atomic E-state index is 11.2. The second-order valence-electron chi connectivity index (χ2n) is 5.04. The summed E-state index contributed by atoms with van der Waals surface area (Å²) in [5, 5.41) is 4.33. The molecule has 0 fully saturated rings. The Morgan fingerprint density at radius 3 is 2.65 bits per heavy atom. The Balaban J connectivity index is 2.12. The lowest BCUT2D eigenvalue weighted by molar-refractivity contribution is 0.526. The van der Waals surface area contributed by atoms with Gasteiger partial charge in [0.15, 0.2) is 0 Å². The molecule has 1 aromatic heterocycles. The summed E-state index contributed by atoms with van der Waals surface area (Å²) >= 11 is 0. The molecule has 1 aromatic carbocycles. The lowest BCUT2D eigenvalue weighted by Gasteiger charge is -2.16. The molecule has 2 rings (SSSR count). The number of sulfone groups is 1. The van der Waals surface area contributed by atoms with E-state index in [1.807, 2.05) is 37.4 Å². The molecule has 0 radical (unpaired) electrons. The first-order valence-corrected chi connectivity index (χ1v) is 8.76. The van der Waals surface area contributed by atoms with Gasteiger partial charge in [-0.15, -0.1) is 0 Å². The fourth-order valence-corrected chi connectivity index (χ4v) is 2.96. The van der Waals surface area contributed by atoms with Gasteiger partial charge in [0, 0.05) is 23.4 Å². The molecule has 0 saturated heterocycles. The van der Waals surface area contributed by atoms with E-state index in [9.17, 15) is 8.42 Å². The number of hydrogen-bond acceptors (Lipinski definition) is 4. The van der Waals surface area contributed by atoms with Crippen LogP contribution in [0.25, 0.3) is 10.9 Å². The van der Waals surface area contributed by atoms with E-state index in [1.165, 1.54) is 6.26 Å². The third-order valence-electron chi connectivity index (χ3n) is 3.33. The predicted molar refractivity (Wildman–Crippen MR) is 82.5 cm³/mol. The lowest BCUT2D eigenvalue weighted by atomic mass is 10.1. The van der Waals surface area contributed by atoms with E-state index in [2.05, 4.69) is 16.4 Å². The maximum Gasteiger partial charge on any atom is 0.147 e. The molecule has 0 saturated carbocycles. The number of hydrogen-bond donors (Lipinski definition) is 1. The zero-order valence-electron chi connectivity index (χ0n) is 11.8. The minimum Gasteiger partial charge on any atom is -0.312 e. The van der Waals surface area contributed by atoms with Gasteiger partial charge in [-0.2, -0.15) is 0 Å². The second kappa shape index (κ2) is 6.33. The number of rotatable bonds is 6. The van der Waals surface area contributed by atoms with Crippen LogP contribution in [-0.2, 0) is 9.84 Å². The molecule has 1 N–H and O–H groups in total. The molecule has 0 aliphatic heterocycles. The van der Waals surface area contributed by atoms with Crippen LogP contribution in [0.4, 0.5) is 0 Å². The van der Waals surface area contributed by atoms with Gasteiger partial charge in [0.2, 0.25) is 0 Å². The van der Waals surface area contributed by atoms with E-state index in [0.29, 0.717) is 6.42 Å². The summed E-state index contributed by atoms with van der Waals surface area (Å²) in [5.41, 5.74) is 1.92. The fraction of sp³-hybridized carbons (Fsp3) is 0.400. The van der Waals surface area contributed by atoms with Gasteiger partial charge in [-0.1, -0.05) is 24.3 Å². The van der Waals surface area contributed by atoms with Crippen LogP contribution in [-0.4, -0.2) is 32.5 Å². The predicted octanol–water partition coefficient (Wildman–Crippen LogP) is 2.32. The third-order valence-corrected chi connectivity index (χ3v) is 4.36. The van der Waals surface area contributed by atoms with E-state index < -0.39 is 9.84 Å². The molecule has 2 aromatic rings. The number of pyridine rings is 1. The van der Waals surface area contributed by atoms with Crippen molar-refractivity contribution >= 4 is 20.7 Å². The first kappa shape index (κ1) is 14.9. The normalized spacial score (nSPS) is 13.5. The summed E-state index contributed by atoms with van der Waals surface area (Å²) in [4.78, 5) is 4.65. The molecule has 1 atom stereocenters. The summed E-state index contributed by atoms with van der Waals surface area (Å²) in [6, 6.07) is 12.1. The number of aromatic nitrogens is 1. The van der Waals surface area contributed by atoms with Gasteiger partial charge >= 0.3 is 0 Å². The van der Waals surface area contributed by atoms with Gasteiger partial charge < -0.3 is 5.32 Å². The fourth-order valence-electron chi connectivity index (χ4n) is 2.27. The topological polar surface area (TPSA) is 59.1 Å². The molecular weight excluding hydrogens is 272 g/mol. The standard InChI is InChI=1S/C15H20N2O2S/c1-16-14(8-5-11-20(2,18)19)15-10-9-12-6-3-4-7-13(12)17-15/h3-4,6-7,9-10,14,16H,5,8,11H2,1-2H3. The molecule has 1 unspecified atom stereocenters. The highest BCUT2D eigenvalue weighted by Gasteiger charge is 2.12. The minimum absolute atomic E-state index is 0.0846. The quantitative estimate of drug-likeness (QED) is 0.887. The van der Waals surface area contributed by atoms with Crippen molar-refractivity contribution in [2.75, 3.05) is 19.1 Å². The molecule has 4 nitrogen and oxygen atoms in total. The van der Waals surface area contributed by atoms with E-state index >= 15 is 0 Å². The Morgan fingerprint density at radius 2 is 1.95 bits per heavy atom. The summed E-state index contributed by atoms with van der Waals surface area (Å²) in [7, 11) is -1.02. The molecule has 0 aliphatic rings. The van der Waals surface area contributed by atoms with Crippen molar-refractivity contribution in [3.05, 3.63) is 42.1 Å². The SMILES string of the molecule is CNC(CCCS(C)(=O)=O)c1ccc2ccccc2n1. The van der Waals surface area contributed by atoms with E-state index in [-0.39, 0.29) is 11.8 Å². The number of fused-ring (bicyclic) bond motifs is 1. The summed E-state index contributed by atoms with van der Waals surface area (Å²) < 4.78 is 22.4. The minimum atomic E-state index is -2.89. The van der Waals surface area contributed by atoms with Crippen molar-refractivity contribution in [1.29, 1.82) is 0 Å². The van der Waals surface area contributed by atoms with Gasteiger partial charge in [-0.25, -0.2) is 8.42 Å². The van der Waals surface area contributed by atoms with Crippen LogP contribution in [0.1, 0.15) is 24.6 Å². The van der Waals surface area contributed by atoms with Gasteiger partial charge in [0.25, 0.3) is 0 Å². The Labute approximate surface area is 120 Å². The van der Waals surface area contributed by atoms with Crippen LogP contribution in [0.2, 0.25) is 0 Å². The largest absolute Gasteiger partial charge is 0.312 e. The average Bonchev–Trinajstić information content (AvgIpc) is 2.42. The summed E-state index contributed by atoms with van der Waals surface area (Å²) in [6.07, 6.45) is 2.67. The molecule has 108 valence electrons. The van der Waals surface area contributed by atoms with Crippen LogP contribution in [0, 0.1) is 0 Å². The highest BCUT2D eigenvalue weighted by molar-refractivity contribution is 7.90. The smallest absolute Gasteiger partial charge is 0.147 e. The van der Waals surface area contributed by atoms with Crippen LogP contribution >= 0.6 is 0 Å². The number of para-hydroxylation sites is 1. The van der Waals surface area contributed by atoms with E-state index in [0.717, 1.165) is 23.0 Å². The van der Waals surface area contributed by atoms with Gasteiger partial charge in [0.1, 0.15) is 9.84 Å². The van der Waals surface area contributed by atoms with E-state index in [4.69, 9.17) is 0 Å². The van der Waals surface area contributed by atoms with Crippen molar-refractivity contribution in [2.45, 2.75) is 18.9 Å². The van der Waals surface area contributed by atoms with Crippen LogP contribution in [0.5, 0.6) is 0 Å². The van der Waals surface area contributed by atoms with Crippen molar-refractivity contribution in [3.8, 4) is 0 Å². The maximum atomic E-state index is 11.2. The van der Waals surface area contributed by atoms with Gasteiger partial charge in [-0.05, 0) is 32.0 Å². The Kier molecular flexibility index (Phi) is 4.73. The number of nitrogens with zero attached hydrogens (tertiary/aromatic N) is 1. The van der Waals surface area contributed by atoms with Gasteiger partial charge in [-0.3, -0.25) is 4.98 Å². The highest BCUT2D eigenvalue weighted by atomic mass is 32.2. The first-order chi connectivity index (χ1) is 9.49. The molecule has 5 heteroatoms. The molecule has 0 bridgehead atoms. The van der Waals surface area contributed by atoms with E-state index in [1.54, 1.807) is 0 Å². The van der Waals surface area contributed by atoms with Crippen LogP contribution in [0.3, 0.4) is 0 Å². The lowest BCUT2D eigenvalue weighted by Crippen LogP contribution is -2.18. The second-order valence-corrected chi connectivity index (χ2v) is 7.30. The zero-order chi connectivity index (χ0) is 14.6. The average molecular weight is 292 g/mol. The number of benzene rings is 1. The zero-order valence-corrected chi connectivity index (χ0v) is 12.7. The monoisotopic (exact) mass is 292 g/mol. The first-order valence-electron chi connectivity index (χ1n) is 6.70. The summed E-state index contributed by atoms with van der Waals surface area (Å²) in [5.74, 6) is 0.221. The molecule has 1 heterocycles. The molecular formula is C15H20N2O2S. The number of nitrogens with one attached hydrogen (secondary N) is 1. The molecule has 20 heavy (non-hydrogen) atoms. The highest BCUT2D eigenvalue weighted by Crippen LogP contribution is 2.20. The molecule has 0 spiro atoms. The van der Waals surface area contributed by atoms with Crippen molar-refractivity contribution in [2.24, 2.45) is 0 Å². The van der Waals surface area contributed by atoms with Crippen molar-refractivity contribution < 1.29 is 8.42 Å². The Hall–Kier alpha value is -1.46. The molecule has 0 aliphatic carbocycles. The Morgan fingerprint density at radius 1 is 1.20 bits per heavy atom. The van der Waals surface area contributed by atoms with Crippen molar-refractivity contribution in [1.82, 2.24) is 10.3 Å². The van der Waals surface area contributed by atoms with Crippen LogP contribution < -0.4 is 5.32 Å². The van der Waals surface area contributed by atoms with Gasteiger partial charge in [0.05, 0.1) is 11.2 Å². The van der Waals surface area contributed by atoms with Crippen LogP contribution in [0.15, 0.2) is 36.4 Å². The molecule has 0 amide bonds. The Bertz CT molecular complexity index is 683. The third kappa shape index (κ3) is 4.02. The van der Waals surface area contributed by atoms with Crippen molar-refractivity contribution in [3.63, 3.8) is 0 Å².